The summed E-state index contributed by atoms with van der Waals surface area (Å²) in [6, 6.07) is 14.1. The summed E-state index contributed by atoms with van der Waals surface area (Å²) < 4.78 is 59.0. The van der Waals surface area contributed by atoms with Crippen molar-refractivity contribution in [2.24, 2.45) is 5.73 Å². The molecule has 2 N–H and O–H groups in total. The Hall–Kier alpha value is -3.31. The van der Waals surface area contributed by atoms with Crippen molar-refractivity contribution < 1.29 is 26.2 Å². The largest absolute Gasteiger partial charge is 0.460 e. The van der Waals surface area contributed by atoms with E-state index < -0.39 is 39.3 Å². The van der Waals surface area contributed by atoms with Crippen LogP contribution in [0.25, 0.3) is 0 Å². The van der Waals surface area contributed by atoms with Gasteiger partial charge in [-0.2, -0.15) is 13.7 Å². The van der Waals surface area contributed by atoms with Crippen LogP contribution in [-0.4, -0.2) is 14.2 Å². The standard InChI is InChI=1S/C18H14N2O5S/c19-10-12-6-8-14(9-7-12)16-15(21)17(18(20)24-16)25-26(22,23)11-13-4-2-1-3-5-13/h1-9,16H,11,20H2/i11D2,16D. The fraction of sp³-hybridized carbons (Fsp3) is 0.111. The van der Waals surface area contributed by atoms with Gasteiger partial charge in [-0.3, -0.25) is 4.79 Å². The third kappa shape index (κ3) is 3.68. The monoisotopic (exact) mass is 373 g/mol. The number of ketones is 1. The number of nitrogens with two attached hydrogens (primary N) is 1. The predicted octanol–water partition coefficient (Wildman–Crippen LogP) is 1.87. The molecule has 1 aliphatic rings. The van der Waals surface area contributed by atoms with Crippen molar-refractivity contribution in [1.82, 2.24) is 0 Å². The van der Waals surface area contributed by atoms with Gasteiger partial charge in [0.05, 0.1) is 15.7 Å². The van der Waals surface area contributed by atoms with E-state index in [0.717, 1.165) is 0 Å². The Morgan fingerprint density at radius 3 is 2.50 bits per heavy atom. The van der Waals surface area contributed by atoms with E-state index in [4.69, 9.17) is 24.0 Å². The lowest BCUT2D eigenvalue weighted by atomic mass is 10.0. The van der Waals surface area contributed by atoms with E-state index in [1.807, 2.05) is 6.07 Å². The molecule has 0 spiro atoms. The minimum absolute atomic E-state index is 0.00785. The van der Waals surface area contributed by atoms with Gasteiger partial charge >= 0.3 is 10.1 Å². The first-order valence-electron chi connectivity index (χ1n) is 8.76. The summed E-state index contributed by atoms with van der Waals surface area (Å²) in [5.41, 5.74) is 2.64. The maximum absolute atomic E-state index is 12.7. The second-order valence-electron chi connectivity index (χ2n) is 5.15. The van der Waals surface area contributed by atoms with E-state index in [-0.39, 0.29) is 16.7 Å². The molecule has 2 aromatic rings. The third-order valence-electron chi connectivity index (χ3n) is 3.33. The zero-order chi connectivity index (χ0) is 21.4. The first kappa shape index (κ1) is 13.9. The zero-order valence-electron chi connectivity index (χ0n) is 16.2. The zero-order valence-corrected chi connectivity index (χ0v) is 14.0. The van der Waals surface area contributed by atoms with E-state index >= 15 is 0 Å². The Bertz CT molecular complexity index is 1140. The highest BCUT2D eigenvalue weighted by Crippen LogP contribution is 2.32. The molecule has 26 heavy (non-hydrogen) atoms. The first-order chi connectivity index (χ1) is 13.5. The van der Waals surface area contributed by atoms with Gasteiger partial charge in [0.2, 0.25) is 17.4 Å². The van der Waals surface area contributed by atoms with Crippen molar-refractivity contribution >= 4 is 15.9 Å². The lowest BCUT2D eigenvalue weighted by Crippen LogP contribution is -2.16. The second kappa shape index (κ2) is 6.90. The fourth-order valence-corrected chi connectivity index (χ4v) is 3.01. The van der Waals surface area contributed by atoms with Crippen LogP contribution in [0.5, 0.6) is 0 Å². The van der Waals surface area contributed by atoms with E-state index in [2.05, 4.69) is 0 Å². The minimum atomic E-state index is -5.04. The average molecular weight is 373 g/mol. The van der Waals surface area contributed by atoms with Crippen molar-refractivity contribution in [1.29, 1.82) is 5.26 Å². The Balaban J connectivity index is 1.92. The molecule has 1 atom stereocenters. The highest BCUT2D eigenvalue weighted by Gasteiger charge is 2.39. The Labute approximate surface area is 154 Å². The third-order valence-corrected chi connectivity index (χ3v) is 4.21. The van der Waals surface area contributed by atoms with Gasteiger partial charge in [0, 0.05) is 5.56 Å². The van der Waals surface area contributed by atoms with E-state index in [1.165, 1.54) is 48.5 Å². The molecule has 3 rings (SSSR count). The summed E-state index contributed by atoms with van der Waals surface area (Å²) in [7, 11) is -5.04. The van der Waals surface area contributed by atoms with Crippen LogP contribution in [0, 0.1) is 11.3 Å². The van der Waals surface area contributed by atoms with Crippen LogP contribution >= 0.6 is 0 Å². The number of Topliss-reactive ketones (excluding diaryl/α,β-unsaturated/α-hetero) is 1. The number of rotatable bonds is 5. The molecule has 0 bridgehead atoms. The molecule has 1 aliphatic heterocycles. The SMILES string of the molecule is [2H]C1(c2ccc(C#N)cc2)OC(N)=C(OS(=O)(=O)C([2H])([2H])c2ccccc2)C1=O. The number of carbonyl (C=O) groups is 1. The van der Waals surface area contributed by atoms with Crippen molar-refractivity contribution in [3.05, 3.63) is 82.9 Å². The number of nitriles is 1. The molecule has 7 nitrogen and oxygen atoms in total. The molecule has 0 saturated heterocycles. The number of nitrogens with zero attached hydrogens (tertiary/aromatic N) is 1. The smallest absolute Gasteiger partial charge is 0.313 e. The molecule has 132 valence electrons. The van der Waals surface area contributed by atoms with Crippen LogP contribution in [0.15, 0.2) is 66.2 Å². The summed E-state index contributed by atoms with van der Waals surface area (Å²) in [5, 5.41) is 8.85. The molecule has 2 aromatic carbocycles. The van der Waals surface area contributed by atoms with Crippen molar-refractivity contribution in [3.8, 4) is 6.07 Å². The highest BCUT2D eigenvalue weighted by atomic mass is 32.2. The van der Waals surface area contributed by atoms with Gasteiger partial charge in [0.15, 0.2) is 6.08 Å². The first-order valence-corrected chi connectivity index (χ1v) is 8.67. The fourth-order valence-electron chi connectivity index (χ4n) is 2.16. The molecule has 0 aliphatic carbocycles. The number of hydrogen-bond acceptors (Lipinski definition) is 7. The maximum atomic E-state index is 12.7. The molecule has 0 amide bonds. The molecular weight excluding hydrogens is 356 g/mol. The second-order valence-corrected chi connectivity index (χ2v) is 6.43. The normalized spacial score (nSPS) is 22.0. The molecule has 1 heterocycles. The molecule has 1 unspecified atom stereocenters. The van der Waals surface area contributed by atoms with Crippen LogP contribution in [-0.2, 0) is 29.5 Å². The van der Waals surface area contributed by atoms with Gasteiger partial charge in [-0.25, -0.2) is 0 Å². The van der Waals surface area contributed by atoms with Gasteiger partial charge in [-0.15, -0.1) is 0 Å². The van der Waals surface area contributed by atoms with E-state index in [0.29, 0.717) is 0 Å². The van der Waals surface area contributed by atoms with E-state index in [1.54, 1.807) is 6.07 Å². The van der Waals surface area contributed by atoms with Gasteiger partial charge in [-0.1, -0.05) is 42.5 Å². The number of ether oxygens (including phenoxy) is 1. The molecule has 8 heteroatoms. The van der Waals surface area contributed by atoms with Gasteiger partial charge in [0.1, 0.15) is 5.70 Å². The van der Waals surface area contributed by atoms with Crippen LogP contribution in [0.4, 0.5) is 0 Å². The number of hydrogen-bond donors (Lipinski definition) is 1. The molecular formula is C18H14N2O5S. The van der Waals surface area contributed by atoms with Gasteiger partial charge < -0.3 is 14.7 Å². The Morgan fingerprint density at radius 1 is 1.23 bits per heavy atom. The lowest BCUT2D eigenvalue weighted by Gasteiger charge is -2.09. The molecule has 0 fully saturated rings. The summed E-state index contributed by atoms with van der Waals surface area (Å²) in [4.78, 5) is 12.7. The van der Waals surface area contributed by atoms with Gasteiger partial charge in [-0.05, 0) is 17.7 Å². The maximum Gasteiger partial charge on any atom is 0.313 e. The summed E-state index contributed by atoms with van der Waals surface area (Å²) in [5.74, 6) is -2.96. The summed E-state index contributed by atoms with van der Waals surface area (Å²) in [6.45, 7) is 0. The van der Waals surface area contributed by atoms with Crippen molar-refractivity contribution in [3.63, 3.8) is 0 Å². The van der Waals surface area contributed by atoms with Gasteiger partial charge in [0.25, 0.3) is 0 Å². The van der Waals surface area contributed by atoms with Crippen LogP contribution < -0.4 is 5.73 Å². The Morgan fingerprint density at radius 2 is 1.88 bits per heavy atom. The van der Waals surface area contributed by atoms with Crippen LogP contribution in [0.1, 0.15) is 26.9 Å². The lowest BCUT2D eigenvalue weighted by molar-refractivity contribution is -0.123. The Kier molecular flexibility index (Phi) is 3.69. The minimum Gasteiger partial charge on any atom is -0.460 e. The van der Waals surface area contributed by atoms with Crippen molar-refractivity contribution in [2.75, 3.05) is 0 Å². The number of carbonyl (C=O) groups excluding carboxylic acids is 1. The average Bonchev–Trinajstić information content (AvgIpc) is 2.92. The van der Waals surface area contributed by atoms with E-state index in [9.17, 15) is 13.2 Å². The predicted molar refractivity (Wildman–Crippen MR) is 91.4 cm³/mol. The molecule has 0 saturated carbocycles. The van der Waals surface area contributed by atoms with Crippen molar-refractivity contribution in [2.45, 2.75) is 11.8 Å². The quantitative estimate of drug-likeness (QED) is 0.795. The topological polar surface area (TPSA) is 119 Å². The molecule has 0 radical (unpaired) electrons. The summed E-state index contributed by atoms with van der Waals surface area (Å²) >= 11 is 0. The highest BCUT2D eigenvalue weighted by molar-refractivity contribution is 7.86. The summed E-state index contributed by atoms with van der Waals surface area (Å²) in [6.07, 6.45) is -2.43. The number of benzene rings is 2. The molecule has 0 aromatic heterocycles. The van der Waals surface area contributed by atoms with Crippen LogP contribution in [0.2, 0.25) is 0 Å². The van der Waals surface area contributed by atoms with Crippen LogP contribution in [0.3, 0.4) is 0 Å².